The van der Waals surface area contributed by atoms with E-state index in [1.54, 1.807) is 36.3 Å². The summed E-state index contributed by atoms with van der Waals surface area (Å²) in [5, 5.41) is 11.7. The van der Waals surface area contributed by atoms with Crippen molar-refractivity contribution in [1.82, 2.24) is 4.90 Å². The number of nitrogens with one attached hydrogen (secondary N) is 1. The minimum Gasteiger partial charge on any atom is -0.481 e. The van der Waals surface area contributed by atoms with Crippen molar-refractivity contribution in [3.63, 3.8) is 0 Å². The lowest BCUT2D eigenvalue weighted by Crippen LogP contribution is -2.42. The Hall–Kier alpha value is -2.08. The smallest absolute Gasteiger partial charge is 0.321 e. The normalized spacial score (nSPS) is 15.8. The van der Waals surface area contributed by atoms with Crippen LogP contribution in [0, 0.1) is 0 Å². The highest BCUT2D eigenvalue weighted by molar-refractivity contribution is 5.91. The van der Waals surface area contributed by atoms with Crippen LogP contribution in [0.1, 0.15) is 18.4 Å². The first kappa shape index (κ1) is 15.3. The van der Waals surface area contributed by atoms with Crippen LogP contribution in [0.3, 0.4) is 0 Å². The fourth-order valence-electron chi connectivity index (χ4n) is 2.45. The standard InChI is InChI=1S/C15H20N2O4/c1-21-12-6-8-17(9-7-12)15(20)16-13-5-3-2-4-11(13)10-14(18)19/h2-5,12H,6-10H2,1H3,(H,16,20)(H,18,19). The molecule has 0 radical (unpaired) electrons. The number of carboxylic acid groups (broad SMARTS) is 1. The van der Waals surface area contributed by atoms with Crippen LogP contribution < -0.4 is 5.32 Å². The molecule has 21 heavy (non-hydrogen) atoms. The van der Waals surface area contributed by atoms with Gasteiger partial charge in [0.25, 0.3) is 0 Å². The number of carbonyl (C=O) groups excluding carboxylic acids is 1. The van der Waals surface area contributed by atoms with Crippen LogP contribution in [-0.2, 0) is 16.0 Å². The minimum absolute atomic E-state index is 0.109. The summed E-state index contributed by atoms with van der Waals surface area (Å²) in [6.45, 7) is 1.29. The fourth-order valence-corrected chi connectivity index (χ4v) is 2.45. The van der Waals surface area contributed by atoms with E-state index in [1.165, 1.54) is 0 Å². The Bertz CT molecular complexity index is 510. The third kappa shape index (κ3) is 4.19. The summed E-state index contributed by atoms with van der Waals surface area (Å²) in [6.07, 6.45) is 1.75. The molecule has 1 aliphatic heterocycles. The maximum atomic E-state index is 12.2. The van der Waals surface area contributed by atoms with Gasteiger partial charge in [0.05, 0.1) is 12.5 Å². The van der Waals surface area contributed by atoms with E-state index in [4.69, 9.17) is 9.84 Å². The first-order valence-corrected chi connectivity index (χ1v) is 6.98. The molecule has 1 fully saturated rings. The lowest BCUT2D eigenvalue weighted by atomic mass is 10.1. The second-order valence-corrected chi connectivity index (χ2v) is 5.08. The van der Waals surface area contributed by atoms with Gasteiger partial charge in [-0.3, -0.25) is 4.79 Å². The molecule has 1 saturated heterocycles. The molecule has 6 nitrogen and oxygen atoms in total. The van der Waals surface area contributed by atoms with Gasteiger partial charge in [0.2, 0.25) is 0 Å². The summed E-state index contributed by atoms with van der Waals surface area (Å²) < 4.78 is 5.28. The van der Waals surface area contributed by atoms with Crippen molar-refractivity contribution in [2.75, 3.05) is 25.5 Å². The SMILES string of the molecule is COC1CCN(C(=O)Nc2ccccc2CC(=O)O)CC1. The van der Waals surface area contributed by atoms with Crippen molar-refractivity contribution in [2.45, 2.75) is 25.4 Å². The van der Waals surface area contributed by atoms with Crippen molar-refractivity contribution in [2.24, 2.45) is 0 Å². The summed E-state index contributed by atoms with van der Waals surface area (Å²) in [7, 11) is 1.68. The number of hydrogen-bond acceptors (Lipinski definition) is 3. The van der Waals surface area contributed by atoms with Crippen LogP contribution in [0.5, 0.6) is 0 Å². The van der Waals surface area contributed by atoms with E-state index in [-0.39, 0.29) is 18.6 Å². The molecule has 0 bridgehead atoms. The Labute approximate surface area is 123 Å². The second-order valence-electron chi connectivity index (χ2n) is 5.08. The highest BCUT2D eigenvalue weighted by Crippen LogP contribution is 2.18. The number of piperidine rings is 1. The van der Waals surface area contributed by atoms with Gasteiger partial charge in [-0.1, -0.05) is 18.2 Å². The number of aliphatic carboxylic acids is 1. The van der Waals surface area contributed by atoms with Crippen molar-refractivity contribution in [3.8, 4) is 0 Å². The van der Waals surface area contributed by atoms with Crippen LogP contribution in [0.25, 0.3) is 0 Å². The predicted molar refractivity (Wildman–Crippen MR) is 78.4 cm³/mol. The highest BCUT2D eigenvalue weighted by Gasteiger charge is 2.23. The topological polar surface area (TPSA) is 78.9 Å². The predicted octanol–water partition coefficient (Wildman–Crippen LogP) is 1.96. The monoisotopic (exact) mass is 292 g/mol. The Morgan fingerprint density at radius 2 is 2.00 bits per heavy atom. The van der Waals surface area contributed by atoms with Gasteiger partial charge >= 0.3 is 12.0 Å². The van der Waals surface area contributed by atoms with Crippen LogP contribution in [-0.4, -0.2) is 48.3 Å². The Kier molecular flexibility index (Phi) is 5.16. The molecule has 2 rings (SSSR count). The number of anilines is 1. The zero-order valence-corrected chi connectivity index (χ0v) is 12.0. The van der Waals surface area contributed by atoms with Gasteiger partial charge in [-0.15, -0.1) is 0 Å². The number of para-hydroxylation sites is 1. The maximum Gasteiger partial charge on any atom is 0.321 e. The third-order valence-electron chi connectivity index (χ3n) is 3.66. The molecule has 0 atom stereocenters. The molecule has 0 unspecified atom stereocenters. The van der Waals surface area contributed by atoms with Gasteiger partial charge in [-0.05, 0) is 24.5 Å². The molecular formula is C15H20N2O4. The number of carbonyl (C=O) groups is 2. The molecule has 6 heteroatoms. The fraction of sp³-hybridized carbons (Fsp3) is 0.467. The molecule has 0 aromatic heterocycles. The number of ether oxygens (including phenoxy) is 1. The number of carboxylic acids is 1. The van der Waals surface area contributed by atoms with Crippen LogP contribution in [0.15, 0.2) is 24.3 Å². The van der Waals surface area contributed by atoms with Crippen LogP contribution in [0.4, 0.5) is 10.5 Å². The average molecular weight is 292 g/mol. The first-order chi connectivity index (χ1) is 10.1. The van der Waals surface area contributed by atoms with Crippen molar-refractivity contribution in [3.05, 3.63) is 29.8 Å². The molecule has 2 N–H and O–H groups in total. The van der Waals surface area contributed by atoms with Crippen molar-refractivity contribution >= 4 is 17.7 Å². The van der Waals surface area contributed by atoms with Crippen molar-refractivity contribution < 1.29 is 19.4 Å². The largest absolute Gasteiger partial charge is 0.481 e. The van der Waals surface area contributed by atoms with E-state index >= 15 is 0 Å². The molecule has 114 valence electrons. The summed E-state index contributed by atoms with van der Waals surface area (Å²) in [5.41, 5.74) is 1.16. The van der Waals surface area contributed by atoms with E-state index in [2.05, 4.69) is 5.32 Å². The third-order valence-corrected chi connectivity index (χ3v) is 3.66. The molecule has 1 aromatic rings. The number of nitrogens with zero attached hydrogens (tertiary/aromatic N) is 1. The Balaban J connectivity index is 1.98. The average Bonchev–Trinajstić information content (AvgIpc) is 2.49. The molecular weight excluding hydrogens is 272 g/mol. The van der Waals surface area contributed by atoms with Gasteiger partial charge < -0.3 is 20.1 Å². The van der Waals surface area contributed by atoms with E-state index in [1.807, 2.05) is 0 Å². The van der Waals surface area contributed by atoms with Crippen LogP contribution >= 0.6 is 0 Å². The number of amides is 2. The van der Waals surface area contributed by atoms with E-state index in [9.17, 15) is 9.59 Å². The number of methoxy groups -OCH3 is 1. The van der Waals surface area contributed by atoms with Crippen LogP contribution in [0.2, 0.25) is 0 Å². The number of hydrogen-bond donors (Lipinski definition) is 2. The molecule has 1 aliphatic rings. The lowest BCUT2D eigenvalue weighted by Gasteiger charge is -2.31. The van der Waals surface area contributed by atoms with Crippen molar-refractivity contribution in [1.29, 1.82) is 0 Å². The molecule has 1 aromatic carbocycles. The lowest BCUT2D eigenvalue weighted by molar-refractivity contribution is -0.136. The Morgan fingerprint density at radius 1 is 1.33 bits per heavy atom. The van der Waals surface area contributed by atoms with Gasteiger partial charge in [0.1, 0.15) is 0 Å². The number of urea groups is 1. The summed E-state index contributed by atoms with van der Waals surface area (Å²) in [5.74, 6) is -0.919. The molecule has 0 spiro atoms. The van der Waals surface area contributed by atoms with E-state index in [0.717, 1.165) is 12.8 Å². The molecule has 0 saturated carbocycles. The zero-order valence-electron chi connectivity index (χ0n) is 12.0. The van der Waals surface area contributed by atoms with Gasteiger partial charge in [-0.2, -0.15) is 0 Å². The zero-order chi connectivity index (χ0) is 15.2. The van der Waals surface area contributed by atoms with Gasteiger partial charge in [0, 0.05) is 25.9 Å². The quantitative estimate of drug-likeness (QED) is 0.889. The number of likely N-dealkylation sites (tertiary alicyclic amines) is 1. The van der Waals surface area contributed by atoms with E-state index in [0.29, 0.717) is 24.3 Å². The summed E-state index contributed by atoms with van der Waals surface area (Å²) in [6, 6.07) is 6.78. The molecule has 1 heterocycles. The number of rotatable bonds is 4. The minimum atomic E-state index is -0.919. The first-order valence-electron chi connectivity index (χ1n) is 6.98. The highest BCUT2D eigenvalue weighted by atomic mass is 16.5. The number of benzene rings is 1. The molecule has 2 amide bonds. The summed E-state index contributed by atoms with van der Waals surface area (Å²) in [4.78, 5) is 24.8. The second kappa shape index (κ2) is 7.08. The van der Waals surface area contributed by atoms with Gasteiger partial charge in [-0.25, -0.2) is 4.79 Å². The molecule has 0 aliphatic carbocycles. The maximum absolute atomic E-state index is 12.2. The Morgan fingerprint density at radius 3 is 2.62 bits per heavy atom. The van der Waals surface area contributed by atoms with Gasteiger partial charge in [0.15, 0.2) is 0 Å². The van der Waals surface area contributed by atoms with E-state index < -0.39 is 5.97 Å². The summed E-state index contributed by atoms with van der Waals surface area (Å²) >= 11 is 0.